The van der Waals surface area contributed by atoms with Crippen molar-refractivity contribution in [3.05, 3.63) is 64.2 Å². The lowest BCUT2D eigenvalue weighted by Gasteiger charge is -2.08. The van der Waals surface area contributed by atoms with Gasteiger partial charge in [-0.05, 0) is 18.2 Å². The molecule has 2 rings (SSSR count). The SMILES string of the molecule is O=[N+]([O-])c1ccc(S(=O)(=O)NCc2ccccc2O)cc1. The first-order valence-corrected chi connectivity index (χ1v) is 7.39. The van der Waals surface area contributed by atoms with Gasteiger partial charge in [0, 0.05) is 24.2 Å². The Labute approximate surface area is 121 Å². The van der Waals surface area contributed by atoms with Crippen molar-refractivity contribution >= 4 is 15.7 Å². The Bertz CT molecular complexity index is 756. The van der Waals surface area contributed by atoms with Crippen LogP contribution in [-0.4, -0.2) is 18.4 Å². The van der Waals surface area contributed by atoms with Crippen molar-refractivity contribution in [1.29, 1.82) is 0 Å². The number of hydrogen-bond acceptors (Lipinski definition) is 5. The van der Waals surface area contributed by atoms with E-state index in [2.05, 4.69) is 4.72 Å². The van der Waals surface area contributed by atoms with Crippen molar-refractivity contribution in [2.24, 2.45) is 0 Å². The first-order valence-electron chi connectivity index (χ1n) is 5.91. The quantitative estimate of drug-likeness (QED) is 0.646. The van der Waals surface area contributed by atoms with Crippen molar-refractivity contribution in [3.63, 3.8) is 0 Å². The molecule has 0 aliphatic carbocycles. The van der Waals surface area contributed by atoms with Gasteiger partial charge in [-0.1, -0.05) is 18.2 Å². The van der Waals surface area contributed by atoms with Gasteiger partial charge in [-0.15, -0.1) is 0 Å². The molecule has 0 fully saturated rings. The van der Waals surface area contributed by atoms with Crippen molar-refractivity contribution in [2.75, 3.05) is 0 Å². The van der Waals surface area contributed by atoms with Gasteiger partial charge in [0.15, 0.2) is 0 Å². The second kappa shape index (κ2) is 5.90. The summed E-state index contributed by atoms with van der Waals surface area (Å²) in [5.74, 6) is -0.0103. The van der Waals surface area contributed by atoms with E-state index in [1.54, 1.807) is 18.2 Å². The number of para-hydroxylation sites is 1. The van der Waals surface area contributed by atoms with Crippen LogP contribution in [0.25, 0.3) is 0 Å². The number of benzene rings is 2. The summed E-state index contributed by atoms with van der Waals surface area (Å²) < 4.78 is 26.4. The van der Waals surface area contributed by atoms with Crippen LogP contribution in [-0.2, 0) is 16.6 Å². The zero-order valence-corrected chi connectivity index (χ0v) is 11.6. The zero-order valence-electron chi connectivity index (χ0n) is 10.8. The minimum Gasteiger partial charge on any atom is -0.508 e. The number of nitro benzene ring substituents is 1. The largest absolute Gasteiger partial charge is 0.508 e. The lowest BCUT2D eigenvalue weighted by Crippen LogP contribution is -2.23. The highest BCUT2D eigenvalue weighted by Crippen LogP contribution is 2.18. The van der Waals surface area contributed by atoms with Crippen LogP contribution in [0.15, 0.2) is 53.4 Å². The van der Waals surface area contributed by atoms with E-state index in [0.29, 0.717) is 5.56 Å². The van der Waals surface area contributed by atoms with Crippen LogP contribution in [0.2, 0.25) is 0 Å². The molecule has 7 nitrogen and oxygen atoms in total. The number of aromatic hydroxyl groups is 1. The summed E-state index contributed by atoms with van der Waals surface area (Å²) in [6, 6.07) is 10.9. The fourth-order valence-corrected chi connectivity index (χ4v) is 2.67. The number of phenolic OH excluding ortho intramolecular Hbond substituents is 1. The lowest BCUT2D eigenvalue weighted by atomic mass is 10.2. The molecule has 21 heavy (non-hydrogen) atoms. The average molecular weight is 308 g/mol. The second-order valence-corrected chi connectivity index (χ2v) is 5.97. The van der Waals surface area contributed by atoms with Gasteiger partial charge in [-0.3, -0.25) is 10.1 Å². The predicted molar refractivity (Wildman–Crippen MR) is 75.2 cm³/mol. The third kappa shape index (κ3) is 3.56. The molecule has 0 aliphatic heterocycles. The smallest absolute Gasteiger partial charge is 0.269 e. The van der Waals surface area contributed by atoms with Crippen LogP contribution in [0.4, 0.5) is 5.69 Å². The van der Waals surface area contributed by atoms with Crippen LogP contribution < -0.4 is 4.72 Å². The minimum absolute atomic E-state index is 0.0103. The molecular formula is C13H12N2O5S. The monoisotopic (exact) mass is 308 g/mol. The lowest BCUT2D eigenvalue weighted by molar-refractivity contribution is -0.384. The summed E-state index contributed by atoms with van der Waals surface area (Å²) in [7, 11) is -3.80. The van der Waals surface area contributed by atoms with E-state index in [9.17, 15) is 23.6 Å². The first kappa shape index (κ1) is 14.9. The maximum atomic E-state index is 12.0. The summed E-state index contributed by atoms with van der Waals surface area (Å²) in [5, 5.41) is 20.1. The summed E-state index contributed by atoms with van der Waals surface area (Å²) in [5.41, 5.74) is 0.248. The number of nitrogens with one attached hydrogen (secondary N) is 1. The van der Waals surface area contributed by atoms with Crippen LogP contribution >= 0.6 is 0 Å². The van der Waals surface area contributed by atoms with Gasteiger partial charge in [0.1, 0.15) is 5.75 Å². The van der Waals surface area contributed by atoms with Gasteiger partial charge >= 0.3 is 0 Å². The molecule has 2 aromatic carbocycles. The molecule has 0 heterocycles. The van der Waals surface area contributed by atoms with Crippen LogP contribution in [0.3, 0.4) is 0 Å². The number of sulfonamides is 1. The van der Waals surface area contributed by atoms with E-state index in [-0.39, 0.29) is 22.9 Å². The van der Waals surface area contributed by atoms with Crippen molar-refractivity contribution < 1.29 is 18.4 Å². The van der Waals surface area contributed by atoms with E-state index in [0.717, 1.165) is 24.3 Å². The van der Waals surface area contributed by atoms with E-state index in [4.69, 9.17) is 0 Å². The summed E-state index contributed by atoms with van der Waals surface area (Å²) >= 11 is 0. The third-order valence-electron chi connectivity index (χ3n) is 2.80. The van der Waals surface area contributed by atoms with Gasteiger partial charge < -0.3 is 5.11 Å². The molecule has 0 radical (unpaired) electrons. The molecule has 0 spiro atoms. The third-order valence-corrected chi connectivity index (χ3v) is 4.22. The van der Waals surface area contributed by atoms with Crippen LogP contribution in [0, 0.1) is 10.1 Å². The number of rotatable bonds is 5. The first-order chi connectivity index (χ1) is 9.90. The Morgan fingerprint density at radius 1 is 1.10 bits per heavy atom. The molecule has 110 valence electrons. The second-order valence-electron chi connectivity index (χ2n) is 4.20. The molecule has 0 saturated heterocycles. The van der Waals surface area contributed by atoms with Crippen LogP contribution in [0.1, 0.15) is 5.56 Å². The summed E-state index contributed by atoms with van der Waals surface area (Å²) in [6.45, 7) is -0.0774. The maximum Gasteiger partial charge on any atom is 0.269 e. The highest BCUT2D eigenvalue weighted by Gasteiger charge is 2.16. The number of nitro groups is 1. The number of non-ortho nitro benzene ring substituents is 1. The Hall–Kier alpha value is -2.45. The molecule has 0 atom stereocenters. The molecule has 0 unspecified atom stereocenters. The van der Waals surface area contributed by atoms with E-state index in [1.165, 1.54) is 6.07 Å². The fraction of sp³-hybridized carbons (Fsp3) is 0.0769. The summed E-state index contributed by atoms with van der Waals surface area (Å²) in [6.07, 6.45) is 0. The van der Waals surface area contributed by atoms with Crippen molar-refractivity contribution in [2.45, 2.75) is 11.4 Å². The van der Waals surface area contributed by atoms with E-state index >= 15 is 0 Å². The van der Waals surface area contributed by atoms with Crippen molar-refractivity contribution in [1.82, 2.24) is 4.72 Å². The van der Waals surface area contributed by atoms with Gasteiger partial charge in [-0.25, -0.2) is 13.1 Å². The fourth-order valence-electron chi connectivity index (χ4n) is 1.66. The van der Waals surface area contributed by atoms with E-state index < -0.39 is 14.9 Å². The maximum absolute atomic E-state index is 12.0. The molecule has 0 bridgehead atoms. The molecule has 2 aromatic rings. The number of hydrogen-bond donors (Lipinski definition) is 2. The Kier molecular flexibility index (Phi) is 4.20. The predicted octanol–water partition coefficient (Wildman–Crippen LogP) is 1.78. The van der Waals surface area contributed by atoms with E-state index in [1.807, 2.05) is 0 Å². The Morgan fingerprint density at radius 2 is 1.71 bits per heavy atom. The molecular weight excluding hydrogens is 296 g/mol. The van der Waals surface area contributed by atoms with Gasteiger partial charge in [0.05, 0.1) is 9.82 Å². The zero-order chi connectivity index (χ0) is 15.5. The molecule has 0 amide bonds. The standard InChI is InChI=1S/C13H12N2O5S/c16-13-4-2-1-3-10(13)9-14-21(19,20)12-7-5-11(6-8-12)15(17)18/h1-8,14,16H,9H2. The molecule has 0 aromatic heterocycles. The van der Waals surface area contributed by atoms with Crippen molar-refractivity contribution in [3.8, 4) is 5.75 Å². The Balaban J connectivity index is 2.15. The van der Waals surface area contributed by atoms with Crippen LogP contribution in [0.5, 0.6) is 5.75 Å². The normalized spacial score (nSPS) is 11.2. The number of phenols is 1. The van der Waals surface area contributed by atoms with Gasteiger partial charge in [0.25, 0.3) is 5.69 Å². The molecule has 0 saturated carbocycles. The molecule has 2 N–H and O–H groups in total. The average Bonchev–Trinajstić information content (AvgIpc) is 2.46. The van der Waals surface area contributed by atoms with Gasteiger partial charge in [-0.2, -0.15) is 0 Å². The summed E-state index contributed by atoms with van der Waals surface area (Å²) in [4.78, 5) is 9.84. The molecule has 8 heteroatoms. The highest BCUT2D eigenvalue weighted by molar-refractivity contribution is 7.89. The highest BCUT2D eigenvalue weighted by atomic mass is 32.2. The minimum atomic E-state index is -3.80. The number of nitrogens with zero attached hydrogens (tertiary/aromatic N) is 1. The molecule has 0 aliphatic rings. The topological polar surface area (TPSA) is 110 Å². The Morgan fingerprint density at radius 3 is 2.29 bits per heavy atom. The van der Waals surface area contributed by atoms with Gasteiger partial charge in [0.2, 0.25) is 10.0 Å².